The van der Waals surface area contributed by atoms with E-state index in [2.05, 4.69) is 19.8 Å². The average Bonchev–Trinajstić information content (AvgIpc) is 3.04. The summed E-state index contributed by atoms with van der Waals surface area (Å²) in [5.41, 5.74) is 0.128. The summed E-state index contributed by atoms with van der Waals surface area (Å²) in [6.07, 6.45) is 1.38. The van der Waals surface area contributed by atoms with Crippen LogP contribution < -0.4 is 14.2 Å². The van der Waals surface area contributed by atoms with Gasteiger partial charge in [0.2, 0.25) is 0 Å². The zero-order valence-corrected chi connectivity index (χ0v) is 15.2. The SMILES string of the molecule is COc1ccnc(Cl)c1NS(=O)(=O)c1nc2c(OC)ccc(Cl)n2n1. The second-order valence-electron chi connectivity index (χ2n) is 4.64. The van der Waals surface area contributed by atoms with E-state index in [0.29, 0.717) is 5.75 Å². The molecule has 1 N–H and O–H groups in total. The van der Waals surface area contributed by atoms with Crippen LogP contribution in [-0.4, -0.2) is 42.2 Å². The Morgan fingerprint density at radius 2 is 1.84 bits per heavy atom. The van der Waals surface area contributed by atoms with Gasteiger partial charge in [-0.15, -0.1) is 5.10 Å². The molecular formula is C13H11Cl2N5O4S. The summed E-state index contributed by atoms with van der Waals surface area (Å²) in [5.74, 6) is 0.512. The molecule has 0 aliphatic rings. The molecule has 25 heavy (non-hydrogen) atoms. The van der Waals surface area contributed by atoms with Crippen LogP contribution in [0.4, 0.5) is 5.69 Å². The molecule has 12 heteroatoms. The highest BCUT2D eigenvalue weighted by Gasteiger charge is 2.25. The van der Waals surface area contributed by atoms with E-state index in [-0.39, 0.29) is 27.4 Å². The molecule has 0 aliphatic heterocycles. The number of nitrogens with zero attached hydrogens (tertiary/aromatic N) is 4. The lowest BCUT2D eigenvalue weighted by molar-refractivity contribution is 0.416. The molecule has 3 aromatic rings. The number of rotatable bonds is 5. The molecule has 3 rings (SSSR count). The van der Waals surface area contributed by atoms with Crippen molar-refractivity contribution in [2.24, 2.45) is 0 Å². The lowest BCUT2D eigenvalue weighted by Crippen LogP contribution is -2.16. The van der Waals surface area contributed by atoms with E-state index in [0.717, 1.165) is 4.52 Å². The van der Waals surface area contributed by atoms with Crippen molar-refractivity contribution >= 4 is 44.6 Å². The van der Waals surface area contributed by atoms with Crippen LogP contribution in [0.1, 0.15) is 0 Å². The van der Waals surface area contributed by atoms with E-state index < -0.39 is 15.2 Å². The lowest BCUT2D eigenvalue weighted by atomic mass is 10.4. The third kappa shape index (κ3) is 3.15. The minimum absolute atomic E-state index is 0.0245. The van der Waals surface area contributed by atoms with E-state index in [1.54, 1.807) is 6.07 Å². The van der Waals surface area contributed by atoms with Crippen molar-refractivity contribution in [2.75, 3.05) is 18.9 Å². The number of sulfonamides is 1. The Labute approximate surface area is 152 Å². The average molecular weight is 404 g/mol. The van der Waals surface area contributed by atoms with E-state index >= 15 is 0 Å². The summed E-state index contributed by atoms with van der Waals surface area (Å²) in [6, 6.07) is 4.52. The normalized spacial score (nSPS) is 11.5. The Morgan fingerprint density at radius 1 is 1.12 bits per heavy atom. The number of halogens is 2. The van der Waals surface area contributed by atoms with Crippen LogP contribution in [0.5, 0.6) is 11.5 Å². The van der Waals surface area contributed by atoms with E-state index in [1.807, 2.05) is 0 Å². The van der Waals surface area contributed by atoms with Gasteiger partial charge in [0.05, 0.1) is 14.2 Å². The van der Waals surface area contributed by atoms with Crippen molar-refractivity contribution in [3.05, 3.63) is 34.7 Å². The molecule has 0 aromatic carbocycles. The van der Waals surface area contributed by atoms with Crippen molar-refractivity contribution in [3.63, 3.8) is 0 Å². The first-order valence-electron chi connectivity index (χ1n) is 6.68. The van der Waals surface area contributed by atoms with Gasteiger partial charge in [-0.2, -0.15) is 17.9 Å². The highest BCUT2D eigenvalue weighted by Crippen LogP contribution is 2.32. The third-order valence-electron chi connectivity index (χ3n) is 3.17. The second kappa shape index (κ2) is 6.54. The molecule has 9 nitrogen and oxygen atoms in total. The number of hydrogen-bond donors (Lipinski definition) is 1. The minimum Gasteiger partial charge on any atom is -0.494 e. The molecule has 132 valence electrons. The predicted molar refractivity (Wildman–Crippen MR) is 91.2 cm³/mol. The number of aromatic nitrogens is 4. The molecule has 0 radical (unpaired) electrons. The molecule has 3 heterocycles. The summed E-state index contributed by atoms with van der Waals surface area (Å²) in [6.45, 7) is 0. The summed E-state index contributed by atoms with van der Waals surface area (Å²) in [4.78, 5) is 7.81. The Balaban J connectivity index is 2.10. The van der Waals surface area contributed by atoms with Gasteiger partial charge in [-0.3, -0.25) is 4.72 Å². The number of nitrogens with one attached hydrogen (secondary N) is 1. The minimum atomic E-state index is -4.18. The number of hydrogen-bond acceptors (Lipinski definition) is 7. The maximum atomic E-state index is 12.6. The van der Waals surface area contributed by atoms with Crippen LogP contribution >= 0.6 is 23.2 Å². The highest BCUT2D eigenvalue weighted by molar-refractivity contribution is 7.92. The zero-order valence-electron chi connectivity index (χ0n) is 12.9. The summed E-state index contributed by atoms with van der Waals surface area (Å²) < 4.78 is 38.9. The van der Waals surface area contributed by atoms with Crippen LogP contribution in [0.2, 0.25) is 10.3 Å². The lowest BCUT2D eigenvalue weighted by Gasteiger charge is -2.10. The first-order valence-corrected chi connectivity index (χ1v) is 8.92. The van der Waals surface area contributed by atoms with Crippen LogP contribution in [0, 0.1) is 0 Å². The largest absolute Gasteiger partial charge is 0.494 e. The van der Waals surface area contributed by atoms with Crippen molar-refractivity contribution in [1.82, 2.24) is 19.6 Å². The van der Waals surface area contributed by atoms with Gasteiger partial charge >= 0.3 is 0 Å². The third-order valence-corrected chi connectivity index (χ3v) is 4.86. The second-order valence-corrected chi connectivity index (χ2v) is 6.96. The molecular weight excluding hydrogens is 393 g/mol. The molecule has 0 bridgehead atoms. The predicted octanol–water partition coefficient (Wildman–Crippen LogP) is 2.25. The fraction of sp³-hybridized carbons (Fsp3) is 0.154. The van der Waals surface area contributed by atoms with E-state index in [1.165, 1.54) is 32.5 Å². The quantitative estimate of drug-likeness (QED) is 0.650. The van der Waals surface area contributed by atoms with Gasteiger partial charge in [0, 0.05) is 12.3 Å². The van der Waals surface area contributed by atoms with Crippen molar-refractivity contribution in [3.8, 4) is 11.5 Å². The smallest absolute Gasteiger partial charge is 0.299 e. The summed E-state index contributed by atoms with van der Waals surface area (Å²) in [7, 11) is -1.39. The monoisotopic (exact) mass is 403 g/mol. The van der Waals surface area contributed by atoms with Crippen LogP contribution in [0.15, 0.2) is 29.6 Å². The number of methoxy groups -OCH3 is 2. The molecule has 0 spiro atoms. The Kier molecular flexibility index (Phi) is 4.58. The number of anilines is 1. The van der Waals surface area contributed by atoms with Gasteiger partial charge in [-0.25, -0.2) is 4.98 Å². The molecule has 0 saturated heterocycles. The molecule has 0 unspecified atom stereocenters. The van der Waals surface area contributed by atoms with Gasteiger partial charge in [0.15, 0.2) is 16.5 Å². The molecule has 3 aromatic heterocycles. The topological polar surface area (TPSA) is 108 Å². The van der Waals surface area contributed by atoms with Crippen LogP contribution in [0.3, 0.4) is 0 Å². The standard InChI is InChI=1S/C13H11Cl2N5O4S/c1-23-7-5-6-16-11(15)10(7)19-25(21,22)13-17-12-8(24-2)3-4-9(14)20(12)18-13/h3-6,19H,1-2H3. The van der Waals surface area contributed by atoms with Gasteiger partial charge in [-0.05, 0) is 12.1 Å². The van der Waals surface area contributed by atoms with E-state index in [4.69, 9.17) is 32.7 Å². The Bertz CT molecular complexity index is 1050. The van der Waals surface area contributed by atoms with Gasteiger partial charge < -0.3 is 9.47 Å². The van der Waals surface area contributed by atoms with Gasteiger partial charge in [0.1, 0.15) is 16.6 Å². The first-order chi connectivity index (χ1) is 11.9. The van der Waals surface area contributed by atoms with Gasteiger partial charge in [0.25, 0.3) is 15.2 Å². The van der Waals surface area contributed by atoms with Crippen LogP contribution in [-0.2, 0) is 10.0 Å². The van der Waals surface area contributed by atoms with Crippen LogP contribution in [0.25, 0.3) is 5.65 Å². The molecule has 0 amide bonds. The van der Waals surface area contributed by atoms with Gasteiger partial charge in [-0.1, -0.05) is 23.2 Å². The number of ether oxygens (including phenoxy) is 2. The van der Waals surface area contributed by atoms with Crippen molar-refractivity contribution in [1.29, 1.82) is 0 Å². The number of fused-ring (bicyclic) bond motifs is 1. The zero-order chi connectivity index (χ0) is 18.2. The summed E-state index contributed by atoms with van der Waals surface area (Å²) >= 11 is 12.0. The van der Waals surface area contributed by atoms with Crippen molar-refractivity contribution in [2.45, 2.75) is 5.16 Å². The molecule has 0 fully saturated rings. The Hall–Kier alpha value is -2.30. The highest BCUT2D eigenvalue weighted by atomic mass is 35.5. The maximum Gasteiger partial charge on any atom is 0.299 e. The maximum absolute atomic E-state index is 12.6. The number of pyridine rings is 2. The summed E-state index contributed by atoms with van der Waals surface area (Å²) in [5, 5.41) is 3.49. The molecule has 0 aliphatic carbocycles. The molecule has 0 saturated carbocycles. The van der Waals surface area contributed by atoms with Crippen molar-refractivity contribution < 1.29 is 17.9 Å². The fourth-order valence-electron chi connectivity index (χ4n) is 2.03. The Morgan fingerprint density at radius 3 is 2.52 bits per heavy atom. The molecule has 0 atom stereocenters. The first kappa shape index (κ1) is 17.5. The van der Waals surface area contributed by atoms with E-state index in [9.17, 15) is 8.42 Å². The fourth-order valence-corrected chi connectivity index (χ4v) is 3.41.